The molecule has 0 fully saturated rings. The van der Waals surface area contributed by atoms with Crippen molar-refractivity contribution in [3.63, 3.8) is 0 Å². The molecule has 21 heavy (non-hydrogen) atoms. The average Bonchev–Trinajstić information content (AvgIpc) is 2.83. The van der Waals surface area contributed by atoms with Crippen molar-refractivity contribution in [1.29, 1.82) is 0 Å². The Morgan fingerprint density at radius 3 is 2.71 bits per heavy atom. The van der Waals surface area contributed by atoms with Crippen LogP contribution in [0.3, 0.4) is 0 Å². The third kappa shape index (κ3) is 2.21. The van der Waals surface area contributed by atoms with E-state index in [1.165, 1.54) is 6.07 Å². The van der Waals surface area contributed by atoms with Crippen LogP contribution in [0.15, 0.2) is 46.9 Å². The van der Waals surface area contributed by atoms with Crippen molar-refractivity contribution in [1.82, 2.24) is 0 Å². The van der Waals surface area contributed by atoms with Crippen molar-refractivity contribution in [2.45, 2.75) is 18.4 Å². The smallest absolute Gasteiger partial charge is 0.247 e. The summed E-state index contributed by atoms with van der Waals surface area (Å²) < 4.78 is 14.8. The zero-order chi connectivity index (χ0) is 15.0. The lowest BCUT2D eigenvalue weighted by atomic mass is 9.90. The summed E-state index contributed by atoms with van der Waals surface area (Å²) in [6.07, 6.45) is 0.933. The van der Waals surface area contributed by atoms with Crippen LogP contribution < -0.4 is 11.1 Å². The van der Waals surface area contributed by atoms with Crippen LogP contribution in [-0.2, 0) is 16.8 Å². The van der Waals surface area contributed by atoms with Crippen LogP contribution in [0.5, 0.6) is 0 Å². The van der Waals surface area contributed by atoms with Gasteiger partial charge in [0.05, 0.1) is 0 Å². The van der Waals surface area contributed by atoms with Gasteiger partial charge in [0, 0.05) is 10.2 Å². The van der Waals surface area contributed by atoms with Crippen LogP contribution in [0, 0.1) is 5.82 Å². The first kappa shape index (κ1) is 14.1. The van der Waals surface area contributed by atoms with Crippen molar-refractivity contribution in [2.75, 3.05) is 5.32 Å². The molecular weight excluding hydrogens is 335 g/mol. The van der Waals surface area contributed by atoms with E-state index in [1.54, 1.807) is 12.1 Å². The molecule has 0 radical (unpaired) electrons. The Kier molecular flexibility index (Phi) is 3.45. The van der Waals surface area contributed by atoms with Gasteiger partial charge in [-0.05, 0) is 58.1 Å². The van der Waals surface area contributed by atoms with Crippen molar-refractivity contribution >= 4 is 27.5 Å². The number of halogens is 2. The van der Waals surface area contributed by atoms with Gasteiger partial charge in [0.15, 0.2) is 0 Å². The number of para-hydroxylation sites is 1. The predicted octanol–water partition coefficient (Wildman–Crippen LogP) is 3.33. The molecule has 108 valence electrons. The number of fused-ring (bicyclic) bond motifs is 1. The number of primary amides is 1. The molecule has 5 heteroatoms. The number of benzene rings is 2. The summed E-state index contributed by atoms with van der Waals surface area (Å²) in [7, 11) is 0. The van der Waals surface area contributed by atoms with E-state index in [2.05, 4.69) is 21.2 Å². The lowest BCUT2D eigenvalue weighted by Gasteiger charge is -2.30. The zero-order valence-corrected chi connectivity index (χ0v) is 12.8. The molecule has 3 nitrogen and oxygen atoms in total. The number of carbonyl (C=O) groups is 1. The second kappa shape index (κ2) is 5.15. The van der Waals surface area contributed by atoms with Crippen LogP contribution in [0.4, 0.5) is 10.1 Å². The first-order valence-electron chi connectivity index (χ1n) is 6.65. The molecule has 0 aromatic heterocycles. The third-order valence-electron chi connectivity index (χ3n) is 3.97. The first-order valence-corrected chi connectivity index (χ1v) is 7.44. The second-order valence-corrected chi connectivity index (χ2v) is 5.99. The predicted molar refractivity (Wildman–Crippen MR) is 83.4 cm³/mol. The van der Waals surface area contributed by atoms with E-state index in [1.807, 2.05) is 24.3 Å². The van der Waals surface area contributed by atoms with Gasteiger partial charge in [0.1, 0.15) is 11.4 Å². The van der Waals surface area contributed by atoms with Crippen LogP contribution in [0.2, 0.25) is 0 Å². The maximum absolute atomic E-state index is 13.9. The SMILES string of the molecule is NC(=O)C1(Nc2ccccc2Br)CCc2c(F)cccc21. The molecule has 0 bridgehead atoms. The topological polar surface area (TPSA) is 55.1 Å². The van der Waals surface area contributed by atoms with Crippen molar-refractivity contribution < 1.29 is 9.18 Å². The van der Waals surface area contributed by atoms with Gasteiger partial charge in [-0.1, -0.05) is 24.3 Å². The van der Waals surface area contributed by atoms with Crippen molar-refractivity contribution in [3.8, 4) is 0 Å². The summed E-state index contributed by atoms with van der Waals surface area (Å²) >= 11 is 3.44. The van der Waals surface area contributed by atoms with E-state index in [9.17, 15) is 9.18 Å². The van der Waals surface area contributed by atoms with E-state index in [4.69, 9.17) is 5.73 Å². The Labute approximate surface area is 130 Å². The molecule has 0 saturated carbocycles. The molecule has 2 aromatic rings. The quantitative estimate of drug-likeness (QED) is 0.893. The molecule has 0 aliphatic heterocycles. The molecule has 2 aromatic carbocycles. The van der Waals surface area contributed by atoms with Crippen LogP contribution in [0.25, 0.3) is 0 Å². The summed E-state index contributed by atoms with van der Waals surface area (Å²) in [6.45, 7) is 0. The molecule has 1 aliphatic rings. The first-order chi connectivity index (χ1) is 10.0. The average molecular weight is 349 g/mol. The Morgan fingerprint density at radius 2 is 2.00 bits per heavy atom. The fraction of sp³-hybridized carbons (Fsp3) is 0.188. The lowest BCUT2D eigenvalue weighted by Crippen LogP contribution is -2.46. The minimum absolute atomic E-state index is 0.287. The minimum Gasteiger partial charge on any atom is -0.367 e. The van der Waals surface area contributed by atoms with Gasteiger partial charge in [0.2, 0.25) is 5.91 Å². The molecule has 3 N–H and O–H groups in total. The van der Waals surface area contributed by atoms with Gasteiger partial charge < -0.3 is 11.1 Å². The Bertz CT molecular complexity index is 719. The molecule has 0 saturated heterocycles. The molecule has 1 atom stereocenters. The summed E-state index contributed by atoms with van der Waals surface area (Å²) in [5, 5.41) is 3.22. The lowest BCUT2D eigenvalue weighted by molar-refractivity contribution is -0.122. The number of anilines is 1. The summed E-state index contributed by atoms with van der Waals surface area (Å²) in [5.74, 6) is -0.785. The molecule has 0 heterocycles. The maximum atomic E-state index is 13.9. The zero-order valence-electron chi connectivity index (χ0n) is 11.2. The number of amides is 1. The monoisotopic (exact) mass is 348 g/mol. The van der Waals surface area contributed by atoms with E-state index in [0.29, 0.717) is 24.0 Å². The standard InChI is InChI=1S/C16H14BrFN2O/c17-12-5-1-2-7-14(12)20-16(15(19)21)9-8-10-11(16)4-3-6-13(10)18/h1-7,20H,8-9H2,(H2,19,21). The van der Waals surface area contributed by atoms with E-state index in [0.717, 1.165) is 10.2 Å². The van der Waals surface area contributed by atoms with Gasteiger partial charge in [-0.25, -0.2) is 4.39 Å². The van der Waals surface area contributed by atoms with Gasteiger partial charge >= 0.3 is 0 Å². The van der Waals surface area contributed by atoms with Gasteiger partial charge in [0.25, 0.3) is 0 Å². The second-order valence-electron chi connectivity index (χ2n) is 5.14. The number of rotatable bonds is 3. The molecule has 1 amide bonds. The molecule has 3 rings (SSSR count). The van der Waals surface area contributed by atoms with Crippen LogP contribution >= 0.6 is 15.9 Å². The highest BCUT2D eigenvalue weighted by Gasteiger charge is 2.45. The Morgan fingerprint density at radius 1 is 1.24 bits per heavy atom. The molecular formula is C16H14BrFN2O. The highest BCUT2D eigenvalue weighted by atomic mass is 79.9. The van der Waals surface area contributed by atoms with E-state index >= 15 is 0 Å². The number of carbonyl (C=O) groups excluding carboxylic acids is 1. The highest BCUT2D eigenvalue weighted by Crippen LogP contribution is 2.41. The summed E-state index contributed by atoms with van der Waals surface area (Å²) in [4.78, 5) is 12.1. The van der Waals surface area contributed by atoms with E-state index in [-0.39, 0.29) is 5.82 Å². The third-order valence-corrected chi connectivity index (χ3v) is 4.66. The molecule has 0 spiro atoms. The normalized spacial score (nSPS) is 20.1. The Balaban J connectivity index is 2.11. The number of nitrogens with two attached hydrogens (primary N) is 1. The number of hydrogen-bond donors (Lipinski definition) is 2. The minimum atomic E-state index is -1.07. The molecule has 1 aliphatic carbocycles. The van der Waals surface area contributed by atoms with Crippen LogP contribution in [-0.4, -0.2) is 5.91 Å². The van der Waals surface area contributed by atoms with Crippen LogP contribution in [0.1, 0.15) is 17.5 Å². The largest absolute Gasteiger partial charge is 0.367 e. The fourth-order valence-electron chi connectivity index (χ4n) is 2.90. The van der Waals surface area contributed by atoms with Gasteiger partial charge in [-0.2, -0.15) is 0 Å². The van der Waals surface area contributed by atoms with E-state index < -0.39 is 11.4 Å². The maximum Gasteiger partial charge on any atom is 0.247 e. The summed E-state index contributed by atoms with van der Waals surface area (Å²) in [5.41, 5.74) is 6.54. The van der Waals surface area contributed by atoms with Crippen molar-refractivity contribution in [3.05, 3.63) is 63.9 Å². The Hall–Kier alpha value is -1.88. The van der Waals surface area contributed by atoms with Gasteiger partial charge in [-0.15, -0.1) is 0 Å². The van der Waals surface area contributed by atoms with Crippen molar-refractivity contribution in [2.24, 2.45) is 5.73 Å². The molecule has 1 unspecified atom stereocenters. The van der Waals surface area contributed by atoms with Gasteiger partial charge in [-0.3, -0.25) is 4.79 Å². The highest BCUT2D eigenvalue weighted by molar-refractivity contribution is 9.10. The summed E-state index contributed by atoms with van der Waals surface area (Å²) in [6, 6.07) is 12.3. The number of hydrogen-bond acceptors (Lipinski definition) is 2. The number of nitrogens with one attached hydrogen (secondary N) is 1. The fourth-order valence-corrected chi connectivity index (χ4v) is 3.28.